The largest absolute Gasteiger partial charge is 0.408 e. The molecule has 0 aromatic carbocycles. The van der Waals surface area contributed by atoms with E-state index in [2.05, 4.69) is 30.8 Å². The molecule has 0 radical (unpaired) electrons. The van der Waals surface area contributed by atoms with Crippen LogP contribution in [0.25, 0.3) is 16.6 Å². The SMILES string of the molecule is O=C1NCC(c2cc([C@H]3C[C@@H]3c3ncc4cnn(CC(F)(F)F)c4c3F)c3ncc(F)n3n2)C(=O)N1. The first-order chi connectivity index (χ1) is 17.1. The first kappa shape index (κ1) is 22.3. The zero-order valence-electron chi connectivity index (χ0n) is 18.1. The number of aromatic nitrogens is 6. The number of carbonyl (C=O) groups excluding carboxylic acids is 2. The van der Waals surface area contributed by atoms with Crippen molar-refractivity contribution in [3.63, 3.8) is 0 Å². The second-order valence-electron chi connectivity index (χ2n) is 8.72. The maximum atomic E-state index is 15.4. The highest BCUT2D eigenvalue weighted by atomic mass is 19.4. The van der Waals surface area contributed by atoms with E-state index in [0.29, 0.717) is 16.7 Å². The monoisotopic (exact) mass is 506 g/mol. The van der Waals surface area contributed by atoms with Crippen molar-refractivity contribution >= 4 is 28.5 Å². The van der Waals surface area contributed by atoms with Gasteiger partial charge in [-0.15, -0.1) is 0 Å². The number of alkyl halides is 3. The first-order valence-corrected chi connectivity index (χ1v) is 10.8. The lowest BCUT2D eigenvalue weighted by Gasteiger charge is -2.22. The van der Waals surface area contributed by atoms with Gasteiger partial charge in [-0.3, -0.25) is 19.8 Å². The third kappa shape index (κ3) is 3.61. The van der Waals surface area contributed by atoms with Crippen LogP contribution in [0.2, 0.25) is 0 Å². The molecule has 0 bridgehead atoms. The Balaban J connectivity index is 1.39. The van der Waals surface area contributed by atoms with Crippen LogP contribution in [-0.4, -0.2) is 54.0 Å². The molecular formula is C21H15F5N8O2. The van der Waals surface area contributed by atoms with Crippen molar-refractivity contribution < 1.29 is 31.5 Å². The summed E-state index contributed by atoms with van der Waals surface area (Å²) in [5.41, 5.74) is 0.466. The van der Waals surface area contributed by atoms with E-state index >= 15 is 4.39 Å². The van der Waals surface area contributed by atoms with E-state index in [1.54, 1.807) is 6.07 Å². The van der Waals surface area contributed by atoms with E-state index < -0.39 is 54.2 Å². The molecule has 36 heavy (non-hydrogen) atoms. The number of rotatable bonds is 4. The number of hydrogen-bond acceptors (Lipinski definition) is 6. The lowest BCUT2D eigenvalue weighted by Crippen LogP contribution is -2.51. The van der Waals surface area contributed by atoms with Crippen LogP contribution in [0.15, 0.2) is 24.7 Å². The van der Waals surface area contributed by atoms with Crippen LogP contribution in [0.5, 0.6) is 0 Å². The lowest BCUT2D eigenvalue weighted by atomic mass is 9.99. The molecule has 1 aliphatic carbocycles. The molecule has 5 heterocycles. The molecule has 1 unspecified atom stereocenters. The van der Waals surface area contributed by atoms with Gasteiger partial charge in [0.15, 0.2) is 11.5 Å². The fourth-order valence-electron chi connectivity index (χ4n) is 4.64. The van der Waals surface area contributed by atoms with Crippen LogP contribution in [0.1, 0.15) is 41.1 Å². The number of halogens is 5. The van der Waals surface area contributed by atoms with Gasteiger partial charge < -0.3 is 5.32 Å². The standard InChI is InChI=1S/C21H15F5N8O2/c22-14-6-28-18-11(2-13(32-34(14)18)12-5-29-20(36)31-19(12)35)9-1-10(9)16-15(23)17-8(3-27-16)4-30-33(17)7-21(24,25)26/h2-4,6,9-10,12H,1,5,7H2,(H2,29,31,35,36)/t9-,10-,12?/m0/s1. The van der Waals surface area contributed by atoms with E-state index in [1.165, 1.54) is 6.20 Å². The summed E-state index contributed by atoms with van der Waals surface area (Å²) in [6, 6.07) is 0.897. The molecule has 2 aliphatic rings. The van der Waals surface area contributed by atoms with Gasteiger partial charge in [0.1, 0.15) is 12.1 Å². The Bertz CT molecular complexity index is 1560. The quantitative estimate of drug-likeness (QED) is 0.411. The molecule has 2 N–H and O–H groups in total. The van der Waals surface area contributed by atoms with Crippen LogP contribution < -0.4 is 10.6 Å². The van der Waals surface area contributed by atoms with Crippen molar-refractivity contribution in [2.24, 2.45) is 0 Å². The van der Waals surface area contributed by atoms with E-state index in [0.717, 1.165) is 16.9 Å². The predicted octanol–water partition coefficient (Wildman–Crippen LogP) is 2.51. The Hall–Kier alpha value is -4.17. The maximum Gasteiger partial charge on any atom is 0.408 e. The van der Waals surface area contributed by atoms with Crippen LogP contribution in [0.4, 0.5) is 26.7 Å². The Kier molecular flexibility index (Phi) is 4.75. The Morgan fingerprint density at radius 2 is 1.89 bits per heavy atom. The minimum absolute atomic E-state index is 0.0392. The zero-order chi connectivity index (χ0) is 25.4. The summed E-state index contributed by atoms with van der Waals surface area (Å²) in [5, 5.41) is 12.5. The van der Waals surface area contributed by atoms with Crippen LogP contribution >= 0.6 is 0 Å². The van der Waals surface area contributed by atoms with Crippen molar-refractivity contribution in [2.75, 3.05) is 6.54 Å². The van der Waals surface area contributed by atoms with Gasteiger partial charge in [-0.25, -0.2) is 14.2 Å². The van der Waals surface area contributed by atoms with E-state index in [4.69, 9.17) is 0 Å². The minimum atomic E-state index is -4.59. The number of amides is 3. The first-order valence-electron chi connectivity index (χ1n) is 10.8. The van der Waals surface area contributed by atoms with Crippen LogP contribution in [-0.2, 0) is 11.3 Å². The summed E-state index contributed by atoms with van der Waals surface area (Å²) in [7, 11) is 0. The summed E-state index contributed by atoms with van der Waals surface area (Å²) < 4.78 is 70.1. The number of imidazole rings is 1. The summed E-state index contributed by atoms with van der Waals surface area (Å²) in [4.78, 5) is 31.9. The molecule has 4 aromatic heterocycles. The molecule has 186 valence electrons. The highest BCUT2D eigenvalue weighted by Gasteiger charge is 2.45. The summed E-state index contributed by atoms with van der Waals surface area (Å²) in [6.45, 7) is -1.50. The number of nitrogens with one attached hydrogen (secondary N) is 2. The molecule has 1 saturated heterocycles. The van der Waals surface area contributed by atoms with E-state index in [9.17, 15) is 27.2 Å². The van der Waals surface area contributed by atoms with Gasteiger partial charge in [0.05, 0.1) is 29.7 Å². The Morgan fingerprint density at radius 3 is 2.64 bits per heavy atom. The molecule has 1 saturated carbocycles. The molecular weight excluding hydrogens is 491 g/mol. The van der Waals surface area contributed by atoms with Crippen molar-refractivity contribution in [3.8, 4) is 0 Å². The number of carbonyl (C=O) groups is 2. The highest BCUT2D eigenvalue weighted by molar-refractivity contribution is 6.00. The Morgan fingerprint density at radius 1 is 1.08 bits per heavy atom. The number of pyridine rings is 1. The lowest BCUT2D eigenvalue weighted by molar-refractivity contribution is -0.141. The van der Waals surface area contributed by atoms with Gasteiger partial charge in [0.25, 0.3) is 0 Å². The molecule has 6 rings (SSSR count). The molecule has 2 fully saturated rings. The second kappa shape index (κ2) is 7.66. The Labute approximate surface area is 197 Å². The molecule has 15 heteroatoms. The molecule has 0 spiro atoms. The number of fused-ring (bicyclic) bond motifs is 2. The summed E-state index contributed by atoms with van der Waals surface area (Å²) >= 11 is 0. The topological polar surface area (TPSA) is 119 Å². The maximum absolute atomic E-state index is 15.4. The van der Waals surface area contributed by atoms with Gasteiger partial charge in [-0.05, 0) is 18.4 Å². The number of nitrogens with zero attached hydrogens (tertiary/aromatic N) is 6. The minimum Gasteiger partial charge on any atom is -0.337 e. The summed E-state index contributed by atoms with van der Waals surface area (Å²) in [5.74, 6) is -4.13. The van der Waals surface area contributed by atoms with Crippen molar-refractivity contribution in [1.29, 1.82) is 0 Å². The van der Waals surface area contributed by atoms with E-state index in [-0.39, 0.29) is 34.5 Å². The normalized spacial score (nSPS) is 22.2. The third-order valence-corrected chi connectivity index (χ3v) is 6.36. The zero-order valence-corrected chi connectivity index (χ0v) is 18.1. The van der Waals surface area contributed by atoms with Gasteiger partial charge >= 0.3 is 12.2 Å². The molecule has 1 aliphatic heterocycles. The third-order valence-electron chi connectivity index (χ3n) is 6.36. The van der Waals surface area contributed by atoms with Crippen LogP contribution in [0, 0.1) is 11.8 Å². The molecule has 10 nitrogen and oxygen atoms in total. The number of urea groups is 1. The summed E-state index contributed by atoms with van der Waals surface area (Å²) in [6.07, 6.45) is -0.891. The molecule has 3 amide bonds. The predicted molar refractivity (Wildman–Crippen MR) is 111 cm³/mol. The molecule has 4 aromatic rings. The van der Waals surface area contributed by atoms with Crippen molar-refractivity contribution in [2.45, 2.75) is 36.9 Å². The van der Waals surface area contributed by atoms with Gasteiger partial charge in [-0.2, -0.15) is 32.3 Å². The molecule has 3 atom stereocenters. The fraction of sp³-hybridized carbons (Fsp3) is 0.333. The smallest absolute Gasteiger partial charge is 0.337 e. The number of hydrogen-bond donors (Lipinski definition) is 2. The van der Waals surface area contributed by atoms with E-state index in [1.807, 2.05) is 0 Å². The van der Waals surface area contributed by atoms with Crippen molar-refractivity contribution in [1.82, 2.24) is 40.0 Å². The van der Waals surface area contributed by atoms with Gasteiger partial charge in [0, 0.05) is 29.6 Å². The van der Waals surface area contributed by atoms with Crippen LogP contribution in [0.3, 0.4) is 0 Å². The fourth-order valence-corrected chi connectivity index (χ4v) is 4.64. The highest BCUT2D eigenvalue weighted by Crippen LogP contribution is 2.56. The number of imide groups is 1. The van der Waals surface area contributed by atoms with Gasteiger partial charge in [0.2, 0.25) is 11.9 Å². The second-order valence-corrected chi connectivity index (χ2v) is 8.72. The average molecular weight is 506 g/mol. The van der Waals surface area contributed by atoms with Crippen molar-refractivity contribution in [3.05, 3.63) is 53.4 Å². The van der Waals surface area contributed by atoms with Gasteiger partial charge in [-0.1, -0.05) is 0 Å². The average Bonchev–Trinajstić information content (AvgIpc) is 3.35.